The van der Waals surface area contributed by atoms with Crippen LogP contribution in [0, 0.1) is 0 Å². The van der Waals surface area contributed by atoms with Crippen molar-refractivity contribution >= 4 is 45.2 Å². The average molecular weight is 345 g/mol. The number of hydrogen-bond acceptors (Lipinski definition) is 3. The fraction of sp³-hybridized carbons (Fsp3) is 0.133. The lowest BCUT2D eigenvalue weighted by Gasteiger charge is -2.18. The molecule has 0 bridgehead atoms. The Hall–Kier alpha value is -1.79. The number of nitrogens with zero attached hydrogens (tertiary/aromatic N) is 2. The molecule has 0 aliphatic rings. The van der Waals surface area contributed by atoms with Crippen LogP contribution < -0.4 is 4.90 Å². The highest BCUT2D eigenvalue weighted by Gasteiger charge is 2.31. The Balaban J connectivity index is 0.00000176. The molecule has 2 aromatic heterocycles. The van der Waals surface area contributed by atoms with Crippen LogP contribution in [0.2, 0.25) is 0 Å². The Morgan fingerprint density at radius 3 is 2.41 bits per heavy atom. The molecule has 0 saturated heterocycles. The summed E-state index contributed by atoms with van der Waals surface area (Å²) in [4.78, 5) is 5.81. The highest BCUT2D eigenvalue weighted by atomic mass is 35.5. The van der Waals surface area contributed by atoms with Gasteiger partial charge in [0.05, 0.1) is 11.3 Å². The maximum Gasteiger partial charge on any atom is 0.416 e. The second-order valence-electron chi connectivity index (χ2n) is 4.59. The van der Waals surface area contributed by atoms with Gasteiger partial charge in [-0.3, -0.25) is 4.98 Å². The van der Waals surface area contributed by atoms with Crippen LogP contribution in [0.25, 0.3) is 10.1 Å². The van der Waals surface area contributed by atoms with Crippen molar-refractivity contribution in [1.29, 1.82) is 0 Å². The normalized spacial score (nSPS) is 11.3. The van der Waals surface area contributed by atoms with Crippen molar-refractivity contribution in [3.05, 3.63) is 53.7 Å². The van der Waals surface area contributed by atoms with Crippen LogP contribution in [0.15, 0.2) is 48.1 Å². The van der Waals surface area contributed by atoms with Crippen molar-refractivity contribution in [1.82, 2.24) is 4.98 Å². The van der Waals surface area contributed by atoms with E-state index in [9.17, 15) is 13.2 Å². The molecule has 1 aromatic carbocycles. The Morgan fingerprint density at radius 2 is 1.77 bits per heavy atom. The Bertz CT molecular complexity index is 771. The number of anilines is 2. The zero-order chi connectivity index (χ0) is 15.0. The van der Waals surface area contributed by atoms with Gasteiger partial charge in [-0.05, 0) is 30.3 Å². The van der Waals surface area contributed by atoms with Gasteiger partial charge in [0.25, 0.3) is 0 Å². The molecule has 0 aliphatic heterocycles. The fourth-order valence-electron chi connectivity index (χ4n) is 2.16. The summed E-state index contributed by atoms with van der Waals surface area (Å²) in [5, 5.41) is 2.47. The van der Waals surface area contributed by atoms with Gasteiger partial charge < -0.3 is 4.90 Å². The molecule has 0 radical (unpaired) electrons. The van der Waals surface area contributed by atoms with E-state index in [4.69, 9.17) is 0 Å². The molecule has 2 nitrogen and oxygen atoms in total. The molecule has 0 fully saturated rings. The third kappa shape index (κ3) is 3.03. The molecule has 0 spiro atoms. The predicted octanol–water partition coefficient (Wildman–Crippen LogP) is 5.50. The molecular formula is C15H12ClF3N2S. The molecule has 0 N–H and O–H groups in total. The van der Waals surface area contributed by atoms with Crippen molar-refractivity contribution < 1.29 is 13.2 Å². The van der Waals surface area contributed by atoms with Gasteiger partial charge in [-0.25, -0.2) is 0 Å². The minimum atomic E-state index is -4.33. The molecule has 0 aliphatic carbocycles. The van der Waals surface area contributed by atoms with E-state index in [1.807, 2.05) is 29.5 Å². The zero-order valence-electron chi connectivity index (χ0n) is 11.5. The summed E-state index contributed by atoms with van der Waals surface area (Å²) in [5.74, 6) is 0. The second-order valence-corrected chi connectivity index (χ2v) is 5.51. The average Bonchev–Trinajstić information content (AvgIpc) is 2.89. The number of aromatic nitrogens is 1. The van der Waals surface area contributed by atoms with E-state index < -0.39 is 11.7 Å². The molecule has 3 aromatic rings. The number of hydrogen-bond donors (Lipinski definition) is 0. The number of rotatable bonds is 2. The van der Waals surface area contributed by atoms with Crippen molar-refractivity contribution in [2.24, 2.45) is 0 Å². The molecule has 3 rings (SSSR count). The summed E-state index contributed by atoms with van der Waals surface area (Å²) in [7, 11) is 1.83. The molecule has 0 unspecified atom stereocenters. The van der Waals surface area contributed by atoms with Gasteiger partial charge in [-0.15, -0.1) is 23.7 Å². The monoisotopic (exact) mass is 344 g/mol. The molecule has 0 saturated carbocycles. The van der Waals surface area contributed by atoms with E-state index in [2.05, 4.69) is 4.98 Å². The topological polar surface area (TPSA) is 16.1 Å². The van der Waals surface area contributed by atoms with E-state index in [0.29, 0.717) is 5.39 Å². The minimum absolute atomic E-state index is 0. The fourth-order valence-corrected chi connectivity index (χ4v) is 3.12. The van der Waals surface area contributed by atoms with Crippen LogP contribution >= 0.6 is 23.7 Å². The summed E-state index contributed by atoms with van der Waals surface area (Å²) in [5.41, 5.74) is 1.01. The van der Waals surface area contributed by atoms with Gasteiger partial charge in [0.1, 0.15) is 0 Å². The van der Waals surface area contributed by atoms with Crippen molar-refractivity contribution in [3.8, 4) is 0 Å². The minimum Gasteiger partial charge on any atom is -0.343 e. The highest BCUT2D eigenvalue weighted by Crippen LogP contribution is 2.39. The number of alkyl halides is 3. The van der Waals surface area contributed by atoms with E-state index in [1.165, 1.54) is 23.5 Å². The van der Waals surface area contributed by atoms with Gasteiger partial charge in [-0.2, -0.15) is 13.2 Å². The molecule has 0 atom stereocenters. The van der Waals surface area contributed by atoms with E-state index in [-0.39, 0.29) is 12.4 Å². The lowest BCUT2D eigenvalue weighted by atomic mass is 10.1. The molecule has 7 heteroatoms. The molecule has 116 valence electrons. The van der Waals surface area contributed by atoms with Gasteiger partial charge in [-0.1, -0.05) is 0 Å². The lowest BCUT2D eigenvalue weighted by Crippen LogP contribution is -2.09. The van der Waals surface area contributed by atoms with Crippen molar-refractivity contribution in [2.75, 3.05) is 11.9 Å². The lowest BCUT2D eigenvalue weighted by molar-refractivity contribution is -0.137. The van der Waals surface area contributed by atoms with Crippen LogP contribution in [0.4, 0.5) is 24.5 Å². The van der Waals surface area contributed by atoms with Gasteiger partial charge in [0.2, 0.25) is 0 Å². The maximum absolute atomic E-state index is 12.9. The van der Waals surface area contributed by atoms with Crippen LogP contribution in [-0.4, -0.2) is 12.0 Å². The third-order valence-electron chi connectivity index (χ3n) is 3.29. The van der Waals surface area contributed by atoms with Gasteiger partial charge >= 0.3 is 6.18 Å². The first-order valence-electron chi connectivity index (χ1n) is 6.19. The molecule has 22 heavy (non-hydrogen) atoms. The predicted molar refractivity (Wildman–Crippen MR) is 86.4 cm³/mol. The quantitative estimate of drug-likeness (QED) is 0.609. The zero-order valence-corrected chi connectivity index (χ0v) is 13.1. The Labute approximate surface area is 135 Å². The highest BCUT2D eigenvalue weighted by molar-refractivity contribution is 7.17. The first-order valence-corrected chi connectivity index (χ1v) is 7.07. The van der Waals surface area contributed by atoms with Crippen LogP contribution in [0.3, 0.4) is 0 Å². The largest absolute Gasteiger partial charge is 0.416 e. The molecular weight excluding hydrogens is 333 g/mol. The molecule has 0 amide bonds. The Morgan fingerprint density at radius 1 is 1.09 bits per heavy atom. The van der Waals surface area contributed by atoms with Crippen LogP contribution in [0.1, 0.15) is 5.56 Å². The van der Waals surface area contributed by atoms with Gasteiger partial charge in [0, 0.05) is 40.6 Å². The number of thiophene rings is 1. The summed E-state index contributed by atoms with van der Waals surface area (Å²) in [6.07, 6.45) is -1.02. The Kier molecular flexibility index (Phi) is 4.63. The number of halogens is 4. The van der Waals surface area contributed by atoms with Crippen LogP contribution in [0.5, 0.6) is 0 Å². The maximum atomic E-state index is 12.9. The number of benzene rings is 1. The third-order valence-corrected chi connectivity index (χ3v) is 4.24. The summed E-state index contributed by atoms with van der Waals surface area (Å²) >= 11 is 1.43. The van der Waals surface area contributed by atoms with Crippen molar-refractivity contribution in [2.45, 2.75) is 6.18 Å². The van der Waals surface area contributed by atoms with E-state index in [1.54, 1.807) is 12.4 Å². The number of fused-ring (bicyclic) bond motifs is 1. The smallest absolute Gasteiger partial charge is 0.343 e. The van der Waals surface area contributed by atoms with E-state index in [0.717, 1.165) is 22.1 Å². The number of pyridine rings is 1. The second kappa shape index (κ2) is 6.14. The van der Waals surface area contributed by atoms with Gasteiger partial charge in [0.15, 0.2) is 0 Å². The summed E-state index contributed by atoms with van der Waals surface area (Å²) in [6, 6.07) is 7.48. The standard InChI is InChI=1S/C15H11F3N2S.ClH/c1-20(11-4-6-19-7-5-11)13-9-21-14-3-2-10(8-12(13)14)15(16,17)18;/h2-9H,1H3;1H. The summed E-state index contributed by atoms with van der Waals surface area (Å²) in [6.45, 7) is 0. The molecule has 2 heterocycles. The first kappa shape index (κ1) is 16.6. The first-order chi connectivity index (χ1) is 9.97. The SMILES string of the molecule is CN(c1ccncc1)c1csc2ccc(C(F)(F)F)cc12.Cl. The van der Waals surface area contributed by atoms with E-state index >= 15 is 0 Å². The van der Waals surface area contributed by atoms with Crippen LogP contribution in [-0.2, 0) is 6.18 Å². The summed E-state index contributed by atoms with van der Waals surface area (Å²) < 4.78 is 39.4. The van der Waals surface area contributed by atoms with Crippen molar-refractivity contribution in [3.63, 3.8) is 0 Å².